The smallest absolute Gasteiger partial charge is 0.0839 e. The van der Waals surface area contributed by atoms with Crippen LogP contribution in [-0.4, -0.2) is 19.2 Å². The van der Waals surface area contributed by atoms with Crippen molar-refractivity contribution in [3.05, 3.63) is 35.4 Å². The summed E-state index contributed by atoms with van der Waals surface area (Å²) in [6.45, 7) is 6.33. The lowest BCUT2D eigenvalue weighted by Crippen LogP contribution is -2.36. The van der Waals surface area contributed by atoms with Gasteiger partial charge in [-0.3, -0.25) is 0 Å². The van der Waals surface area contributed by atoms with E-state index in [1.165, 1.54) is 17.5 Å². The lowest BCUT2D eigenvalue weighted by molar-refractivity contribution is 0.000353. The van der Waals surface area contributed by atoms with Crippen molar-refractivity contribution in [1.29, 1.82) is 0 Å². The van der Waals surface area contributed by atoms with Crippen molar-refractivity contribution in [1.82, 2.24) is 5.32 Å². The first-order valence-corrected chi connectivity index (χ1v) is 6.71. The molecule has 0 aromatic heterocycles. The molecule has 1 saturated heterocycles. The quantitative estimate of drug-likeness (QED) is 0.862. The van der Waals surface area contributed by atoms with Crippen LogP contribution >= 0.6 is 0 Å². The highest BCUT2D eigenvalue weighted by Gasteiger charge is 2.23. The number of hydrogen-bond donors (Lipinski definition) is 1. The third-order valence-electron chi connectivity index (χ3n) is 3.42. The Morgan fingerprint density at radius 1 is 1.29 bits per heavy atom. The topological polar surface area (TPSA) is 21.3 Å². The Morgan fingerprint density at radius 2 is 2.06 bits per heavy atom. The van der Waals surface area contributed by atoms with Crippen LogP contribution in [0.3, 0.4) is 0 Å². The number of hydrogen-bond acceptors (Lipinski definition) is 2. The van der Waals surface area contributed by atoms with Crippen LogP contribution in [0.4, 0.5) is 0 Å². The molecule has 1 aliphatic heterocycles. The molecule has 2 rings (SSSR count). The molecule has 0 radical (unpaired) electrons. The molecule has 17 heavy (non-hydrogen) atoms. The second-order valence-corrected chi connectivity index (χ2v) is 4.95. The van der Waals surface area contributed by atoms with E-state index < -0.39 is 0 Å². The highest BCUT2D eigenvalue weighted by molar-refractivity contribution is 5.23. The minimum absolute atomic E-state index is 0.277. The van der Waals surface area contributed by atoms with Crippen LogP contribution in [0.2, 0.25) is 0 Å². The van der Waals surface area contributed by atoms with Gasteiger partial charge in [-0.2, -0.15) is 0 Å². The summed E-state index contributed by atoms with van der Waals surface area (Å²) in [5.41, 5.74) is 2.63. The fourth-order valence-electron chi connectivity index (χ4n) is 2.34. The van der Waals surface area contributed by atoms with Gasteiger partial charge in [0.2, 0.25) is 0 Å². The van der Waals surface area contributed by atoms with Crippen LogP contribution in [-0.2, 0) is 4.74 Å². The maximum atomic E-state index is 5.87. The molecule has 0 aliphatic carbocycles. The molecular formula is C15H23NO. The molecule has 1 aliphatic rings. The van der Waals surface area contributed by atoms with E-state index in [-0.39, 0.29) is 6.10 Å². The van der Waals surface area contributed by atoms with Crippen LogP contribution < -0.4 is 5.32 Å². The third-order valence-corrected chi connectivity index (χ3v) is 3.42. The summed E-state index contributed by atoms with van der Waals surface area (Å²) in [5.74, 6) is 0. The van der Waals surface area contributed by atoms with Gasteiger partial charge in [-0.15, -0.1) is 0 Å². The van der Waals surface area contributed by atoms with E-state index in [1.54, 1.807) is 0 Å². The summed E-state index contributed by atoms with van der Waals surface area (Å²) in [6, 6.07) is 9.35. The summed E-state index contributed by atoms with van der Waals surface area (Å²) < 4.78 is 5.87. The van der Waals surface area contributed by atoms with Crippen LogP contribution in [0.25, 0.3) is 0 Å². The van der Waals surface area contributed by atoms with Crippen LogP contribution in [0, 0.1) is 6.92 Å². The monoisotopic (exact) mass is 233 g/mol. The summed E-state index contributed by atoms with van der Waals surface area (Å²) in [5, 5.41) is 3.60. The molecule has 1 fully saturated rings. The second-order valence-electron chi connectivity index (χ2n) is 4.95. The van der Waals surface area contributed by atoms with E-state index in [0.29, 0.717) is 6.04 Å². The fourth-order valence-corrected chi connectivity index (χ4v) is 2.34. The molecule has 2 heteroatoms. The molecule has 2 unspecified atom stereocenters. The predicted octanol–water partition coefficient (Wildman–Crippen LogP) is 3.21. The van der Waals surface area contributed by atoms with Crippen molar-refractivity contribution < 1.29 is 4.74 Å². The van der Waals surface area contributed by atoms with Gasteiger partial charge < -0.3 is 10.1 Å². The van der Waals surface area contributed by atoms with Gasteiger partial charge >= 0.3 is 0 Å². The Kier molecular flexibility index (Phi) is 4.57. The minimum atomic E-state index is 0.277. The molecule has 0 bridgehead atoms. The molecule has 0 saturated carbocycles. The van der Waals surface area contributed by atoms with Gasteiger partial charge in [0.05, 0.1) is 6.10 Å². The van der Waals surface area contributed by atoms with E-state index in [9.17, 15) is 0 Å². The third kappa shape index (κ3) is 3.55. The Labute approximate surface area is 104 Å². The molecule has 2 atom stereocenters. The van der Waals surface area contributed by atoms with E-state index in [4.69, 9.17) is 4.74 Å². The van der Waals surface area contributed by atoms with Gasteiger partial charge in [-0.05, 0) is 38.3 Å². The van der Waals surface area contributed by atoms with Crippen molar-refractivity contribution in [2.75, 3.05) is 13.2 Å². The zero-order chi connectivity index (χ0) is 12.1. The molecule has 1 aromatic rings. The summed E-state index contributed by atoms with van der Waals surface area (Å²) in [6.07, 6.45) is 3.72. The maximum Gasteiger partial charge on any atom is 0.0839 e. The van der Waals surface area contributed by atoms with Gasteiger partial charge in [0.25, 0.3) is 0 Å². The summed E-state index contributed by atoms with van der Waals surface area (Å²) >= 11 is 0. The molecule has 94 valence electrons. The molecule has 1 N–H and O–H groups in total. The Balaban J connectivity index is 1.94. The van der Waals surface area contributed by atoms with Gasteiger partial charge in [-0.1, -0.05) is 36.8 Å². The molecular weight excluding hydrogens is 210 g/mol. The Morgan fingerprint density at radius 3 is 2.76 bits per heavy atom. The van der Waals surface area contributed by atoms with Crippen LogP contribution in [0.15, 0.2) is 24.3 Å². The number of ether oxygens (including phenoxy) is 1. The van der Waals surface area contributed by atoms with E-state index in [1.807, 2.05) is 0 Å². The van der Waals surface area contributed by atoms with Crippen molar-refractivity contribution in [3.8, 4) is 0 Å². The largest absolute Gasteiger partial charge is 0.373 e. The van der Waals surface area contributed by atoms with Crippen LogP contribution in [0.5, 0.6) is 0 Å². The first-order chi connectivity index (χ1) is 8.29. The lowest BCUT2D eigenvalue weighted by Gasteiger charge is -2.30. The fraction of sp³-hybridized carbons (Fsp3) is 0.600. The minimum Gasteiger partial charge on any atom is -0.373 e. The highest BCUT2D eigenvalue weighted by Crippen LogP contribution is 2.28. The zero-order valence-corrected chi connectivity index (χ0v) is 10.9. The average Bonchev–Trinajstić information content (AvgIpc) is 2.37. The SMILES string of the molecule is CCCNC1CCOC(c2ccc(C)cc2)C1. The first-order valence-electron chi connectivity index (χ1n) is 6.71. The van der Waals surface area contributed by atoms with Crippen molar-refractivity contribution >= 4 is 0 Å². The van der Waals surface area contributed by atoms with Gasteiger partial charge in [-0.25, -0.2) is 0 Å². The lowest BCUT2D eigenvalue weighted by atomic mass is 9.97. The van der Waals surface area contributed by atoms with Crippen LogP contribution in [0.1, 0.15) is 43.4 Å². The molecule has 0 amide bonds. The number of rotatable bonds is 4. The van der Waals surface area contributed by atoms with E-state index in [2.05, 4.69) is 43.4 Å². The summed E-state index contributed by atoms with van der Waals surface area (Å²) in [4.78, 5) is 0. The average molecular weight is 233 g/mol. The zero-order valence-electron chi connectivity index (χ0n) is 10.9. The molecule has 1 heterocycles. The van der Waals surface area contributed by atoms with Gasteiger partial charge in [0, 0.05) is 12.6 Å². The number of aryl methyl sites for hydroxylation is 1. The first kappa shape index (κ1) is 12.6. The highest BCUT2D eigenvalue weighted by atomic mass is 16.5. The number of benzene rings is 1. The standard InChI is InChI=1S/C15H23NO/c1-3-9-16-14-8-10-17-15(11-14)13-6-4-12(2)5-7-13/h4-7,14-16H,3,8-11H2,1-2H3. The maximum absolute atomic E-state index is 5.87. The molecule has 1 aromatic carbocycles. The Bertz CT molecular complexity index is 333. The Hall–Kier alpha value is -0.860. The molecule has 0 spiro atoms. The van der Waals surface area contributed by atoms with Crippen molar-refractivity contribution in [2.24, 2.45) is 0 Å². The predicted molar refractivity (Wildman–Crippen MR) is 71.2 cm³/mol. The van der Waals surface area contributed by atoms with E-state index in [0.717, 1.165) is 26.0 Å². The summed E-state index contributed by atoms with van der Waals surface area (Å²) in [7, 11) is 0. The van der Waals surface area contributed by atoms with E-state index >= 15 is 0 Å². The van der Waals surface area contributed by atoms with Crippen molar-refractivity contribution in [3.63, 3.8) is 0 Å². The normalized spacial score (nSPS) is 24.8. The van der Waals surface area contributed by atoms with Gasteiger partial charge in [0.1, 0.15) is 0 Å². The van der Waals surface area contributed by atoms with Crippen molar-refractivity contribution in [2.45, 2.75) is 45.3 Å². The molecule has 2 nitrogen and oxygen atoms in total. The van der Waals surface area contributed by atoms with Gasteiger partial charge in [0.15, 0.2) is 0 Å². The second kappa shape index (κ2) is 6.18. The number of nitrogens with one attached hydrogen (secondary N) is 1.